The maximum atomic E-state index is 10.1. The van der Waals surface area contributed by atoms with E-state index in [9.17, 15) is 15.3 Å². The summed E-state index contributed by atoms with van der Waals surface area (Å²) >= 11 is 0. The number of fused-ring (bicyclic) bond motifs is 1. The first-order valence-electron chi connectivity index (χ1n) is 6.58. The van der Waals surface area contributed by atoms with Crippen LogP contribution >= 0.6 is 0 Å². The molecule has 0 fully saturated rings. The Balaban J connectivity index is 2.08. The zero-order valence-corrected chi connectivity index (χ0v) is 11.2. The number of hydrogen-bond acceptors (Lipinski definition) is 3. The van der Waals surface area contributed by atoms with Crippen LogP contribution in [0, 0.1) is 0 Å². The molecule has 0 radical (unpaired) electrons. The first-order chi connectivity index (χ1) is 9.56. The number of phenolic OH excluding ortho intramolecular Hbond substituents is 3. The van der Waals surface area contributed by atoms with Gasteiger partial charge in [0, 0.05) is 11.5 Å². The highest BCUT2D eigenvalue weighted by Gasteiger charge is 2.23. The number of benzene rings is 2. The molecule has 2 aromatic carbocycles. The molecule has 1 atom stereocenters. The SMILES string of the molecule is CC1=CC(c2cccc(O)c2)Cc2c1ccc(O)c2O. The van der Waals surface area contributed by atoms with Gasteiger partial charge in [0.15, 0.2) is 11.5 Å². The minimum absolute atomic E-state index is 0.0416. The molecule has 0 amide bonds. The molecule has 0 spiro atoms. The minimum Gasteiger partial charge on any atom is -0.508 e. The predicted molar refractivity (Wildman–Crippen MR) is 78.0 cm³/mol. The van der Waals surface area contributed by atoms with Crippen LogP contribution < -0.4 is 0 Å². The average Bonchev–Trinajstić information content (AvgIpc) is 2.43. The molecule has 1 unspecified atom stereocenters. The van der Waals surface area contributed by atoms with Crippen LogP contribution in [0.15, 0.2) is 42.5 Å². The molecule has 102 valence electrons. The smallest absolute Gasteiger partial charge is 0.161 e. The fraction of sp³-hybridized carbons (Fsp3) is 0.176. The number of allylic oxidation sites excluding steroid dienone is 2. The summed E-state index contributed by atoms with van der Waals surface area (Å²) in [5, 5.41) is 29.3. The lowest BCUT2D eigenvalue weighted by molar-refractivity contribution is 0.398. The molecule has 0 bridgehead atoms. The average molecular weight is 268 g/mol. The molecule has 0 heterocycles. The Morgan fingerprint density at radius 3 is 2.60 bits per heavy atom. The third-order valence-corrected chi connectivity index (χ3v) is 3.86. The maximum absolute atomic E-state index is 10.1. The summed E-state index contributed by atoms with van der Waals surface area (Å²) in [6.07, 6.45) is 2.74. The second kappa shape index (κ2) is 4.60. The first-order valence-corrected chi connectivity index (χ1v) is 6.58. The van der Waals surface area contributed by atoms with Crippen LogP contribution in [0.3, 0.4) is 0 Å². The van der Waals surface area contributed by atoms with Crippen molar-refractivity contribution in [2.75, 3.05) is 0 Å². The topological polar surface area (TPSA) is 60.7 Å². The first kappa shape index (κ1) is 12.6. The molecule has 1 aliphatic rings. The molecular weight excluding hydrogens is 252 g/mol. The van der Waals surface area contributed by atoms with E-state index in [1.165, 1.54) is 6.07 Å². The maximum Gasteiger partial charge on any atom is 0.161 e. The van der Waals surface area contributed by atoms with Gasteiger partial charge in [-0.15, -0.1) is 0 Å². The van der Waals surface area contributed by atoms with E-state index in [-0.39, 0.29) is 23.2 Å². The Hall–Kier alpha value is -2.42. The lowest BCUT2D eigenvalue weighted by Gasteiger charge is -2.24. The molecule has 0 aromatic heterocycles. The van der Waals surface area contributed by atoms with E-state index in [1.54, 1.807) is 12.1 Å². The van der Waals surface area contributed by atoms with Crippen LogP contribution in [0.2, 0.25) is 0 Å². The van der Waals surface area contributed by atoms with Crippen molar-refractivity contribution < 1.29 is 15.3 Å². The van der Waals surface area contributed by atoms with Gasteiger partial charge in [-0.2, -0.15) is 0 Å². The van der Waals surface area contributed by atoms with E-state index in [0.29, 0.717) is 6.42 Å². The van der Waals surface area contributed by atoms with Gasteiger partial charge < -0.3 is 15.3 Å². The standard InChI is InChI=1S/C17H16O3/c1-10-7-12(11-3-2-4-13(18)8-11)9-15-14(10)5-6-16(19)17(15)20/h2-8,12,18-20H,9H2,1H3. The van der Waals surface area contributed by atoms with Gasteiger partial charge in [0.1, 0.15) is 5.75 Å². The molecule has 20 heavy (non-hydrogen) atoms. The van der Waals surface area contributed by atoms with E-state index in [4.69, 9.17) is 0 Å². The summed E-state index contributed by atoms with van der Waals surface area (Å²) < 4.78 is 0. The number of rotatable bonds is 1. The van der Waals surface area contributed by atoms with E-state index in [1.807, 2.05) is 25.1 Å². The monoisotopic (exact) mass is 268 g/mol. The zero-order valence-electron chi connectivity index (χ0n) is 11.2. The van der Waals surface area contributed by atoms with Crippen LogP contribution in [0.1, 0.15) is 29.5 Å². The van der Waals surface area contributed by atoms with Crippen molar-refractivity contribution in [3.63, 3.8) is 0 Å². The molecule has 2 aromatic rings. The van der Waals surface area contributed by atoms with Crippen molar-refractivity contribution in [3.8, 4) is 17.2 Å². The molecule has 0 aliphatic heterocycles. The number of hydrogen-bond donors (Lipinski definition) is 3. The Kier molecular flexibility index (Phi) is 2.90. The van der Waals surface area contributed by atoms with Gasteiger partial charge in [-0.1, -0.05) is 24.3 Å². The van der Waals surface area contributed by atoms with Gasteiger partial charge in [-0.25, -0.2) is 0 Å². The Labute approximate surface area is 117 Å². The Bertz CT molecular complexity index is 701. The van der Waals surface area contributed by atoms with Gasteiger partial charge >= 0.3 is 0 Å². The summed E-state index contributed by atoms with van der Waals surface area (Å²) in [4.78, 5) is 0. The largest absolute Gasteiger partial charge is 0.508 e. The lowest BCUT2D eigenvalue weighted by Crippen LogP contribution is -2.08. The molecule has 3 heteroatoms. The van der Waals surface area contributed by atoms with E-state index < -0.39 is 0 Å². The highest BCUT2D eigenvalue weighted by molar-refractivity contribution is 5.73. The highest BCUT2D eigenvalue weighted by Crippen LogP contribution is 2.42. The van der Waals surface area contributed by atoms with Crippen molar-refractivity contribution in [2.24, 2.45) is 0 Å². The van der Waals surface area contributed by atoms with Crippen LogP contribution in [0.4, 0.5) is 0 Å². The summed E-state index contributed by atoms with van der Waals surface area (Å²) in [5.74, 6) is 0.190. The van der Waals surface area contributed by atoms with Gasteiger partial charge in [0.05, 0.1) is 0 Å². The summed E-state index contributed by atoms with van der Waals surface area (Å²) in [5.41, 5.74) is 3.79. The van der Waals surface area contributed by atoms with Gasteiger partial charge in [-0.3, -0.25) is 0 Å². The Morgan fingerprint density at radius 1 is 1.05 bits per heavy atom. The number of aromatic hydroxyl groups is 3. The van der Waals surface area contributed by atoms with Crippen molar-refractivity contribution in [3.05, 3.63) is 59.2 Å². The lowest BCUT2D eigenvalue weighted by atomic mass is 9.81. The van der Waals surface area contributed by atoms with Gasteiger partial charge in [-0.05, 0) is 48.2 Å². The third-order valence-electron chi connectivity index (χ3n) is 3.86. The Morgan fingerprint density at radius 2 is 1.85 bits per heavy atom. The van der Waals surface area contributed by atoms with Crippen LogP contribution in [-0.4, -0.2) is 15.3 Å². The molecule has 0 saturated heterocycles. The highest BCUT2D eigenvalue weighted by atomic mass is 16.3. The third kappa shape index (κ3) is 2.01. The summed E-state index contributed by atoms with van der Waals surface area (Å²) in [6.45, 7) is 1.99. The molecule has 0 saturated carbocycles. The predicted octanol–water partition coefficient (Wildman–Crippen LogP) is 3.55. The minimum atomic E-state index is -0.0897. The van der Waals surface area contributed by atoms with E-state index >= 15 is 0 Å². The zero-order chi connectivity index (χ0) is 14.3. The van der Waals surface area contributed by atoms with Gasteiger partial charge in [0.25, 0.3) is 0 Å². The van der Waals surface area contributed by atoms with Gasteiger partial charge in [0.2, 0.25) is 0 Å². The molecule has 1 aliphatic carbocycles. The van der Waals surface area contributed by atoms with Crippen molar-refractivity contribution in [2.45, 2.75) is 19.3 Å². The quantitative estimate of drug-likeness (QED) is 0.693. The number of phenols is 3. The van der Waals surface area contributed by atoms with Crippen molar-refractivity contribution in [1.82, 2.24) is 0 Å². The van der Waals surface area contributed by atoms with Crippen LogP contribution in [-0.2, 0) is 6.42 Å². The molecule has 3 rings (SSSR count). The fourth-order valence-corrected chi connectivity index (χ4v) is 2.84. The molecule has 3 N–H and O–H groups in total. The second-order valence-electron chi connectivity index (χ2n) is 5.21. The van der Waals surface area contributed by atoms with E-state index in [0.717, 1.165) is 22.3 Å². The van der Waals surface area contributed by atoms with E-state index in [2.05, 4.69) is 6.08 Å². The van der Waals surface area contributed by atoms with Crippen LogP contribution in [0.25, 0.3) is 5.57 Å². The molecule has 3 nitrogen and oxygen atoms in total. The summed E-state index contributed by atoms with van der Waals surface area (Å²) in [7, 11) is 0. The normalized spacial score (nSPS) is 17.4. The second-order valence-corrected chi connectivity index (χ2v) is 5.21. The van der Waals surface area contributed by atoms with Crippen LogP contribution in [0.5, 0.6) is 17.2 Å². The fourth-order valence-electron chi connectivity index (χ4n) is 2.84. The van der Waals surface area contributed by atoms with Crippen molar-refractivity contribution in [1.29, 1.82) is 0 Å². The van der Waals surface area contributed by atoms with Crippen molar-refractivity contribution >= 4 is 5.57 Å². The summed E-state index contributed by atoms with van der Waals surface area (Å²) in [6, 6.07) is 10.5. The molecular formula is C17H16O3.